The summed E-state index contributed by atoms with van der Waals surface area (Å²) in [6, 6.07) is 8.18. The predicted molar refractivity (Wildman–Crippen MR) is 161 cm³/mol. The summed E-state index contributed by atoms with van der Waals surface area (Å²) in [5.41, 5.74) is 5.16. The van der Waals surface area contributed by atoms with Gasteiger partial charge in [0, 0.05) is 30.6 Å². The van der Waals surface area contributed by atoms with Crippen molar-refractivity contribution in [3.63, 3.8) is 0 Å². The third-order valence-electron chi connectivity index (χ3n) is 9.66. The molecule has 0 radical (unpaired) electrons. The first-order chi connectivity index (χ1) is 20.2. The highest BCUT2D eigenvalue weighted by molar-refractivity contribution is 6.41. The molecule has 1 aliphatic heterocycles. The van der Waals surface area contributed by atoms with Gasteiger partial charge in [0.1, 0.15) is 0 Å². The van der Waals surface area contributed by atoms with E-state index in [0.29, 0.717) is 23.1 Å². The number of oxime groups is 1. The average molecular weight is 580 g/mol. The zero-order chi connectivity index (χ0) is 30.0. The van der Waals surface area contributed by atoms with Crippen LogP contribution in [-0.2, 0) is 14.4 Å². The molecule has 1 aromatic heterocycles. The summed E-state index contributed by atoms with van der Waals surface area (Å²) in [5.74, 6) is -0.880. The number of fused-ring (bicyclic) bond motifs is 3. The molecule has 10 nitrogen and oxygen atoms in total. The molecule has 2 bridgehead atoms. The fourth-order valence-electron chi connectivity index (χ4n) is 7.81. The Morgan fingerprint density at radius 3 is 2.45 bits per heavy atom. The van der Waals surface area contributed by atoms with Crippen LogP contribution in [-0.4, -0.2) is 61.9 Å². The van der Waals surface area contributed by atoms with Gasteiger partial charge < -0.3 is 20.2 Å². The van der Waals surface area contributed by atoms with Crippen LogP contribution in [0.1, 0.15) is 96.7 Å². The second-order valence-corrected chi connectivity index (χ2v) is 12.9. The number of amides is 1. The van der Waals surface area contributed by atoms with E-state index < -0.39 is 29.3 Å². The van der Waals surface area contributed by atoms with E-state index >= 15 is 0 Å². The lowest BCUT2D eigenvalue weighted by Gasteiger charge is -2.49. The third kappa shape index (κ3) is 6.23. The van der Waals surface area contributed by atoms with Gasteiger partial charge in [0.2, 0.25) is 11.8 Å². The molecule has 228 valence electrons. The largest absolute Gasteiger partial charge is 0.476 e. The zero-order valence-electron chi connectivity index (χ0n) is 25.1. The van der Waals surface area contributed by atoms with Crippen molar-refractivity contribution in [3.05, 3.63) is 40.3 Å². The lowest BCUT2D eigenvalue weighted by molar-refractivity contribution is -0.134. The summed E-state index contributed by atoms with van der Waals surface area (Å²) in [7, 11) is 0. The lowest BCUT2D eigenvalue weighted by Crippen LogP contribution is -2.52. The number of piperidine rings is 1. The first-order valence-electron chi connectivity index (χ1n) is 15.7. The highest BCUT2D eigenvalue weighted by Crippen LogP contribution is 2.44. The monoisotopic (exact) mass is 579 g/mol. The van der Waals surface area contributed by atoms with Gasteiger partial charge in [-0.3, -0.25) is 14.5 Å². The maximum absolute atomic E-state index is 14.1. The quantitative estimate of drug-likeness (QED) is 0.312. The maximum Gasteiger partial charge on any atom is 0.360 e. The first kappa shape index (κ1) is 30.2. The van der Waals surface area contributed by atoms with Crippen LogP contribution < -0.4 is 11.3 Å². The minimum absolute atomic E-state index is 0.106. The molecule has 3 N–H and O–H groups in total. The van der Waals surface area contributed by atoms with E-state index in [0.717, 1.165) is 44.1 Å². The van der Waals surface area contributed by atoms with Crippen LogP contribution in [0.15, 0.2) is 34.2 Å². The van der Waals surface area contributed by atoms with Crippen LogP contribution in [0.5, 0.6) is 0 Å². The summed E-state index contributed by atoms with van der Waals surface area (Å²) in [6.45, 7) is 6.56. The Morgan fingerprint density at radius 1 is 1.10 bits per heavy atom. The Kier molecular flexibility index (Phi) is 9.30. The highest BCUT2D eigenvalue weighted by atomic mass is 16.6. The Hall–Kier alpha value is -3.27. The fourth-order valence-corrected chi connectivity index (χ4v) is 7.81. The van der Waals surface area contributed by atoms with Crippen LogP contribution in [0.25, 0.3) is 11.0 Å². The number of aliphatic carboxylic acids is 1. The van der Waals surface area contributed by atoms with Gasteiger partial charge in [0.25, 0.3) is 11.5 Å². The number of hydrogen-bond acceptors (Lipinski definition) is 7. The number of carboxylic acid groups (broad SMARTS) is 1. The highest BCUT2D eigenvalue weighted by Gasteiger charge is 2.40. The number of para-hydroxylation sites is 2. The maximum atomic E-state index is 14.1. The minimum atomic E-state index is -1.46. The van der Waals surface area contributed by atoms with Crippen molar-refractivity contribution in [1.82, 2.24) is 14.5 Å². The van der Waals surface area contributed by atoms with Gasteiger partial charge >= 0.3 is 5.97 Å². The SMILES string of the molecule is CCC[C@@H]1C[C@H](n2c(=O)c(/C(=N/OC(C(N)=O)C(C)C)C(=O)O)nc3ccccc32)CCN1C1C[C@H]2CCC[C@@H](C1)C2. The van der Waals surface area contributed by atoms with Gasteiger partial charge in [-0.1, -0.05) is 63.7 Å². The summed E-state index contributed by atoms with van der Waals surface area (Å²) >= 11 is 0. The number of benzene rings is 1. The molecule has 2 heterocycles. The predicted octanol–water partition coefficient (Wildman–Crippen LogP) is 4.49. The fraction of sp³-hybridized carbons (Fsp3) is 0.656. The van der Waals surface area contributed by atoms with E-state index in [1.807, 2.05) is 18.2 Å². The van der Waals surface area contributed by atoms with Crippen molar-refractivity contribution >= 4 is 28.6 Å². The number of rotatable bonds is 10. The third-order valence-corrected chi connectivity index (χ3v) is 9.66. The molecular weight excluding hydrogens is 534 g/mol. The van der Waals surface area contributed by atoms with Gasteiger partial charge in [-0.15, -0.1) is 0 Å². The van der Waals surface area contributed by atoms with E-state index in [-0.39, 0.29) is 17.7 Å². The zero-order valence-corrected chi connectivity index (χ0v) is 25.1. The Bertz CT molecular complexity index is 1380. The molecule has 3 fully saturated rings. The van der Waals surface area contributed by atoms with E-state index in [4.69, 9.17) is 10.6 Å². The first-order valence-corrected chi connectivity index (χ1v) is 15.7. The van der Waals surface area contributed by atoms with Crippen molar-refractivity contribution in [1.29, 1.82) is 0 Å². The molecule has 1 saturated heterocycles. The number of carboxylic acids is 1. The lowest BCUT2D eigenvalue weighted by atomic mass is 9.69. The molecule has 10 heteroatoms. The topological polar surface area (TPSA) is 140 Å². The van der Waals surface area contributed by atoms with Gasteiger partial charge in [-0.2, -0.15) is 0 Å². The van der Waals surface area contributed by atoms with Crippen LogP contribution in [0.2, 0.25) is 0 Å². The molecular formula is C32H45N5O5. The van der Waals surface area contributed by atoms with E-state index in [1.165, 1.54) is 38.5 Å². The van der Waals surface area contributed by atoms with E-state index in [1.54, 1.807) is 24.5 Å². The molecule has 2 saturated carbocycles. The molecule has 5 rings (SSSR count). The number of nitrogens with two attached hydrogens (primary N) is 1. The molecule has 2 unspecified atom stereocenters. The summed E-state index contributed by atoms with van der Waals surface area (Å²) in [6.07, 6.45) is 10.6. The number of nitrogens with zero attached hydrogens (tertiary/aromatic N) is 4. The smallest absolute Gasteiger partial charge is 0.360 e. The van der Waals surface area contributed by atoms with Crippen LogP contribution >= 0.6 is 0 Å². The Balaban J connectivity index is 1.50. The number of likely N-dealkylation sites (tertiary alicyclic amines) is 1. The molecule has 2 aliphatic carbocycles. The normalized spacial score (nSPS) is 27.6. The van der Waals surface area contributed by atoms with Crippen LogP contribution in [0.4, 0.5) is 0 Å². The molecule has 1 aromatic carbocycles. The Morgan fingerprint density at radius 2 is 1.81 bits per heavy atom. The molecule has 42 heavy (non-hydrogen) atoms. The molecule has 0 spiro atoms. The molecule has 3 aliphatic rings. The van der Waals surface area contributed by atoms with Crippen molar-refractivity contribution < 1.29 is 19.5 Å². The Labute approximate surface area is 247 Å². The number of carbonyl (C=O) groups is 2. The number of aromatic nitrogens is 2. The number of carbonyl (C=O) groups excluding carboxylic acids is 1. The van der Waals surface area contributed by atoms with Crippen molar-refractivity contribution in [2.24, 2.45) is 28.6 Å². The second kappa shape index (κ2) is 12.9. The van der Waals surface area contributed by atoms with Crippen molar-refractivity contribution in [2.45, 2.75) is 109 Å². The summed E-state index contributed by atoms with van der Waals surface area (Å²) in [4.78, 5) is 50.8. The van der Waals surface area contributed by atoms with Gasteiger partial charge in [-0.05, 0) is 62.5 Å². The average Bonchev–Trinajstić information content (AvgIpc) is 2.94. The summed E-state index contributed by atoms with van der Waals surface area (Å²) < 4.78 is 1.74. The van der Waals surface area contributed by atoms with Crippen molar-refractivity contribution in [2.75, 3.05) is 6.54 Å². The van der Waals surface area contributed by atoms with Gasteiger partial charge in [0.15, 0.2) is 5.69 Å². The molecule has 2 aromatic rings. The minimum Gasteiger partial charge on any atom is -0.476 e. The van der Waals surface area contributed by atoms with Gasteiger partial charge in [0.05, 0.1) is 11.0 Å². The number of primary amides is 1. The van der Waals surface area contributed by atoms with Crippen molar-refractivity contribution in [3.8, 4) is 0 Å². The second-order valence-electron chi connectivity index (χ2n) is 12.9. The van der Waals surface area contributed by atoms with Gasteiger partial charge in [-0.25, -0.2) is 9.78 Å². The van der Waals surface area contributed by atoms with Crippen LogP contribution in [0, 0.1) is 17.8 Å². The van der Waals surface area contributed by atoms with E-state index in [2.05, 4.69) is 22.0 Å². The van der Waals surface area contributed by atoms with E-state index in [9.17, 15) is 19.5 Å². The summed E-state index contributed by atoms with van der Waals surface area (Å²) in [5, 5.41) is 13.8. The molecule has 1 amide bonds. The number of hydrogen-bond donors (Lipinski definition) is 2. The van der Waals surface area contributed by atoms with Crippen LogP contribution in [0.3, 0.4) is 0 Å². The molecule has 6 atom stereocenters. The standard InChI is InChI=1S/C32H45N5O5/c1-4-8-22-18-23(13-14-36(22)24-16-20-9-7-10-21(15-20)17-24)37-26-12-6-5-11-25(26)34-27(31(37)39)28(32(40)41)35-42-29(19(2)3)30(33)38/h5-6,11-12,19-24,29H,4,7-10,13-18H2,1-3H3,(H2,33,38)(H,40,41)/b35-28-/t20-,21+,22-,23-,24?,29?/m1/s1.